The number of aliphatic hydroxyl groups is 1. The predicted molar refractivity (Wildman–Crippen MR) is 91.7 cm³/mol. The molecule has 3 rings (SSSR count). The number of rotatable bonds is 4. The van der Waals surface area contributed by atoms with Crippen LogP contribution in [0.1, 0.15) is 39.3 Å². The van der Waals surface area contributed by atoms with Gasteiger partial charge in [-0.25, -0.2) is 8.78 Å². The lowest BCUT2D eigenvalue weighted by atomic mass is 9.92. The Kier molecular flexibility index (Phi) is 4.70. The second-order valence-corrected chi connectivity index (χ2v) is 7.36. The van der Waals surface area contributed by atoms with Gasteiger partial charge in [-0.2, -0.15) is 0 Å². The summed E-state index contributed by atoms with van der Waals surface area (Å²) in [6, 6.07) is 4.51. The minimum Gasteiger partial charge on any atom is -0.371 e. The highest BCUT2D eigenvalue weighted by atomic mass is 19.2. The fourth-order valence-electron chi connectivity index (χ4n) is 2.94. The number of hydrogen-bond donors (Lipinski definition) is 2. The number of aliphatic hydroxyl groups excluding tert-OH is 1. The number of nitrogens with zero attached hydrogens (tertiary/aromatic N) is 2. The molecule has 0 bridgehead atoms. The van der Waals surface area contributed by atoms with Gasteiger partial charge in [0.25, 0.3) is 0 Å². The summed E-state index contributed by atoms with van der Waals surface area (Å²) in [6.45, 7) is 5.90. The first kappa shape index (κ1) is 18.3. The molecule has 1 aromatic heterocycles. The number of hydrogen-bond acceptors (Lipinski definition) is 5. The largest absolute Gasteiger partial charge is 0.371 e. The molecule has 2 unspecified atom stereocenters. The Hall–Kier alpha value is -2.48. The summed E-state index contributed by atoms with van der Waals surface area (Å²) in [5.74, 6) is -2.31. The zero-order chi connectivity index (χ0) is 19.1. The molecule has 1 aliphatic rings. The average Bonchev–Trinajstić information content (AvgIpc) is 3.17. The van der Waals surface area contributed by atoms with Crippen LogP contribution < -0.4 is 10.2 Å². The Morgan fingerprint density at radius 1 is 1.38 bits per heavy atom. The minimum absolute atomic E-state index is 0.128. The molecule has 0 radical (unpaired) electrons. The second kappa shape index (κ2) is 6.68. The van der Waals surface area contributed by atoms with Gasteiger partial charge in [0.05, 0.1) is 17.4 Å². The van der Waals surface area contributed by atoms with Crippen LogP contribution >= 0.6 is 0 Å². The second-order valence-electron chi connectivity index (χ2n) is 7.36. The third kappa shape index (κ3) is 3.41. The molecule has 1 aliphatic heterocycles. The van der Waals surface area contributed by atoms with E-state index in [1.54, 1.807) is 6.07 Å². The van der Waals surface area contributed by atoms with Crippen molar-refractivity contribution in [2.75, 3.05) is 10.2 Å². The van der Waals surface area contributed by atoms with Crippen LogP contribution in [0.3, 0.4) is 0 Å². The number of carbonyl (C=O) groups is 1. The number of nitrogens with one attached hydrogen (secondary N) is 1. The van der Waals surface area contributed by atoms with Gasteiger partial charge in [0, 0.05) is 17.9 Å². The van der Waals surface area contributed by atoms with Crippen LogP contribution in [0.25, 0.3) is 0 Å². The third-order valence-corrected chi connectivity index (χ3v) is 4.38. The van der Waals surface area contributed by atoms with E-state index in [9.17, 15) is 18.7 Å². The van der Waals surface area contributed by atoms with Crippen LogP contribution in [0.2, 0.25) is 0 Å². The van der Waals surface area contributed by atoms with E-state index in [-0.39, 0.29) is 29.3 Å². The average molecular weight is 365 g/mol. The molecule has 1 amide bonds. The van der Waals surface area contributed by atoms with Crippen molar-refractivity contribution in [3.63, 3.8) is 0 Å². The van der Waals surface area contributed by atoms with Gasteiger partial charge < -0.3 is 19.8 Å². The summed E-state index contributed by atoms with van der Waals surface area (Å²) in [4.78, 5) is 13.3. The molecule has 2 atom stereocenters. The lowest BCUT2D eigenvalue weighted by Gasteiger charge is -2.29. The topological polar surface area (TPSA) is 78.6 Å². The van der Waals surface area contributed by atoms with Crippen LogP contribution in [0.4, 0.5) is 20.4 Å². The molecule has 2 aromatic rings. The van der Waals surface area contributed by atoms with Gasteiger partial charge in [0.15, 0.2) is 11.6 Å². The van der Waals surface area contributed by atoms with Crippen LogP contribution in [0, 0.1) is 11.6 Å². The first-order valence-corrected chi connectivity index (χ1v) is 8.36. The van der Waals surface area contributed by atoms with Crippen LogP contribution in [-0.4, -0.2) is 28.4 Å². The molecule has 2 heterocycles. The molecule has 0 aliphatic carbocycles. The normalized spacial score (nSPS) is 19.1. The first-order chi connectivity index (χ1) is 12.2. The lowest BCUT2D eigenvalue weighted by Crippen LogP contribution is -2.45. The maximum atomic E-state index is 14.1. The van der Waals surface area contributed by atoms with Crippen molar-refractivity contribution in [2.24, 2.45) is 0 Å². The Balaban J connectivity index is 1.82. The molecule has 0 saturated carbocycles. The number of anilines is 2. The molecule has 1 fully saturated rings. The van der Waals surface area contributed by atoms with Gasteiger partial charge >= 0.3 is 0 Å². The molecule has 0 spiro atoms. The molecule has 1 aromatic carbocycles. The summed E-state index contributed by atoms with van der Waals surface area (Å²) in [5.41, 5.74) is 0.281. The zero-order valence-corrected chi connectivity index (χ0v) is 14.8. The van der Waals surface area contributed by atoms with E-state index in [2.05, 4.69) is 10.5 Å². The van der Waals surface area contributed by atoms with E-state index in [1.165, 1.54) is 12.1 Å². The van der Waals surface area contributed by atoms with E-state index in [0.29, 0.717) is 12.1 Å². The SMILES string of the molecule is CC(C)(C)c1cc(NC(O)C2CCC(=O)N2c2cccc(F)c2F)on1. The van der Waals surface area contributed by atoms with E-state index in [1.807, 2.05) is 20.8 Å². The standard InChI is InChI=1S/C18H21F2N3O3/c1-18(2,3)13-9-14(26-22-13)21-17(25)12-7-8-15(24)23(12)11-6-4-5-10(19)16(11)20/h4-6,9,12,17,21,25H,7-8H2,1-3H3. The number of benzene rings is 1. The number of aromatic nitrogens is 1. The lowest BCUT2D eigenvalue weighted by molar-refractivity contribution is -0.117. The molecule has 8 heteroatoms. The Bertz CT molecular complexity index is 816. The number of amides is 1. The summed E-state index contributed by atoms with van der Waals surface area (Å²) in [5, 5.41) is 17.2. The van der Waals surface area contributed by atoms with Gasteiger partial charge in [-0.05, 0) is 18.6 Å². The molecule has 1 saturated heterocycles. The Labute approximate surface area is 149 Å². The third-order valence-electron chi connectivity index (χ3n) is 4.38. The molecule has 26 heavy (non-hydrogen) atoms. The van der Waals surface area contributed by atoms with Gasteiger partial charge in [0.2, 0.25) is 11.8 Å². The fraction of sp³-hybridized carbons (Fsp3) is 0.444. The summed E-state index contributed by atoms with van der Waals surface area (Å²) < 4.78 is 32.8. The predicted octanol–water partition coefficient (Wildman–Crippen LogP) is 3.18. The van der Waals surface area contributed by atoms with Crippen molar-refractivity contribution in [1.82, 2.24) is 5.16 Å². The van der Waals surface area contributed by atoms with E-state index in [4.69, 9.17) is 4.52 Å². The van der Waals surface area contributed by atoms with Gasteiger partial charge in [0.1, 0.15) is 6.23 Å². The smallest absolute Gasteiger partial charge is 0.227 e. The van der Waals surface area contributed by atoms with E-state index in [0.717, 1.165) is 11.0 Å². The van der Waals surface area contributed by atoms with E-state index >= 15 is 0 Å². The molecular formula is C18H21F2N3O3. The molecule has 140 valence electrons. The van der Waals surface area contributed by atoms with Gasteiger partial charge in [-0.3, -0.25) is 4.79 Å². The minimum atomic E-state index is -1.23. The summed E-state index contributed by atoms with van der Waals surface area (Å²) >= 11 is 0. The van der Waals surface area contributed by atoms with Crippen molar-refractivity contribution in [2.45, 2.75) is 51.3 Å². The Morgan fingerprint density at radius 2 is 2.12 bits per heavy atom. The number of carbonyl (C=O) groups excluding carboxylic acids is 1. The highest BCUT2D eigenvalue weighted by molar-refractivity contribution is 5.96. The monoisotopic (exact) mass is 365 g/mol. The maximum absolute atomic E-state index is 14.1. The van der Waals surface area contributed by atoms with Crippen molar-refractivity contribution < 1.29 is 23.2 Å². The highest BCUT2D eigenvalue weighted by Crippen LogP contribution is 2.32. The molecule has 6 nitrogen and oxygen atoms in total. The zero-order valence-electron chi connectivity index (χ0n) is 14.8. The van der Waals surface area contributed by atoms with Crippen LogP contribution in [-0.2, 0) is 10.2 Å². The summed E-state index contributed by atoms with van der Waals surface area (Å²) in [7, 11) is 0. The van der Waals surface area contributed by atoms with Crippen LogP contribution in [0.5, 0.6) is 0 Å². The first-order valence-electron chi connectivity index (χ1n) is 8.36. The quantitative estimate of drug-likeness (QED) is 0.814. The van der Waals surface area contributed by atoms with Crippen molar-refractivity contribution in [3.8, 4) is 0 Å². The van der Waals surface area contributed by atoms with Crippen molar-refractivity contribution in [3.05, 3.63) is 41.6 Å². The molecular weight excluding hydrogens is 344 g/mol. The van der Waals surface area contributed by atoms with Gasteiger partial charge in [-0.1, -0.05) is 32.0 Å². The van der Waals surface area contributed by atoms with Gasteiger partial charge in [-0.15, -0.1) is 0 Å². The summed E-state index contributed by atoms with van der Waals surface area (Å²) in [6.07, 6.45) is -0.809. The maximum Gasteiger partial charge on any atom is 0.227 e. The fourth-order valence-corrected chi connectivity index (χ4v) is 2.94. The number of halogens is 2. The van der Waals surface area contributed by atoms with Crippen molar-refractivity contribution >= 4 is 17.5 Å². The van der Waals surface area contributed by atoms with Crippen molar-refractivity contribution in [1.29, 1.82) is 0 Å². The van der Waals surface area contributed by atoms with E-state index < -0.39 is 23.9 Å². The molecule has 2 N–H and O–H groups in total. The van der Waals surface area contributed by atoms with Crippen LogP contribution in [0.15, 0.2) is 28.8 Å². The Morgan fingerprint density at radius 3 is 2.77 bits per heavy atom. The highest BCUT2D eigenvalue weighted by Gasteiger charge is 2.39.